The molecule has 0 aliphatic carbocycles. The van der Waals surface area contributed by atoms with Crippen molar-refractivity contribution in [2.75, 3.05) is 0 Å². The lowest BCUT2D eigenvalue weighted by molar-refractivity contribution is 0.585. The average molecular weight is 789 g/mol. The van der Waals surface area contributed by atoms with Gasteiger partial charge in [0.25, 0.3) is 0 Å². The summed E-state index contributed by atoms with van der Waals surface area (Å²) < 4.78 is 32.0. The first-order valence-electron chi connectivity index (χ1n) is 19.5. The molecule has 0 atom stereocenters. The fraction of sp³-hybridized carbons (Fsp3) is 0. The molecule has 10 rings (SSSR count). The van der Waals surface area contributed by atoms with E-state index in [-0.39, 0.29) is 5.56 Å². The number of nitrogens with zero attached hydrogens (tertiary/aromatic N) is 6. The molecule has 8 aromatic carbocycles. The van der Waals surface area contributed by atoms with Gasteiger partial charge in [0.1, 0.15) is 11.6 Å². The molecule has 0 saturated heterocycles. The summed E-state index contributed by atoms with van der Waals surface area (Å²) in [5, 5.41) is 21.0. The second kappa shape index (κ2) is 15.3. The molecule has 8 heteroatoms. The summed E-state index contributed by atoms with van der Waals surface area (Å²) in [5.41, 5.74) is 10.3. The van der Waals surface area contributed by atoms with Gasteiger partial charge in [-0.3, -0.25) is 0 Å². The minimum absolute atomic E-state index is 0.225. The minimum Gasteiger partial charge on any atom is -0.308 e. The Morgan fingerprint density at radius 2 is 0.869 bits per heavy atom. The average Bonchev–Trinajstić information content (AvgIpc) is 3.64. The van der Waals surface area contributed by atoms with Crippen molar-refractivity contribution in [1.29, 1.82) is 10.5 Å². The van der Waals surface area contributed by atoms with Crippen molar-refractivity contribution < 1.29 is 8.78 Å². The quantitative estimate of drug-likeness (QED) is 0.160. The van der Waals surface area contributed by atoms with Gasteiger partial charge in [-0.2, -0.15) is 10.5 Å². The molecule has 286 valence electrons. The topological polar surface area (TPSA) is 91.2 Å². The van der Waals surface area contributed by atoms with Crippen LogP contribution in [0.2, 0.25) is 0 Å². The predicted octanol–water partition coefficient (Wildman–Crippen LogP) is 13.0. The van der Waals surface area contributed by atoms with Gasteiger partial charge in [0.05, 0.1) is 40.0 Å². The van der Waals surface area contributed by atoms with Gasteiger partial charge in [-0.15, -0.1) is 0 Å². The first kappa shape index (κ1) is 36.7. The van der Waals surface area contributed by atoms with Gasteiger partial charge >= 0.3 is 0 Å². The second-order valence-corrected chi connectivity index (χ2v) is 14.6. The van der Waals surface area contributed by atoms with Crippen LogP contribution in [0.5, 0.6) is 0 Å². The van der Waals surface area contributed by atoms with Gasteiger partial charge in [-0.1, -0.05) is 115 Å². The van der Waals surface area contributed by atoms with Crippen molar-refractivity contribution in [1.82, 2.24) is 19.5 Å². The molecule has 0 aliphatic rings. The Balaban J connectivity index is 1.30. The van der Waals surface area contributed by atoms with Crippen molar-refractivity contribution in [3.8, 4) is 85.4 Å². The van der Waals surface area contributed by atoms with E-state index < -0.39 is 11.6 Å². The standard InChI is InChI=1S/C53H30F2N6/c54-42-22-25-43(47(55)30-42)41-21-26-48(46(27-41)53-59-51(37-7-3-1-4-8-37)58-52(60-53)38-9-5-2-6-10-38)61-49-28-39(35-15-11-33(31-56)12-16-35)19-23-44(49)45-24-20-40(29-50(45)61)36-17-13-34(32-57)14-18-36/h1-30H. The Morgan fingerprint density at radius 1 is 0.393 bits per heavy atom. The summed E-state index contributed by atoms with van der Waals surface area (Å²) in [4.78, 5) is 15.2. The fourth-order valence-corrected chi connectivity index (χ4v) is 7.84. The first-order chi connectivity index (χ1) is 29.9. The van der Waals surface area contributed by atoms with Crippen molar-refractivity contribution in [2.45, 2.75) is 0 Å². The number of hydrogen-bond donors (Lipinski definition) is 0. The number of nitriles is 2. The smallest absolute Gasteiger partial charge is 0.166 e. The Hall–Kier alpha value is -8.59. The van der Waals surface area contributed by atoms with E-state index in [2.05, 4.69) is 53.1 Å². The fourth-order valence-electron chi connectivity index (χ4n) is 7.84. The molecule has 6 nitrogen and oxygen atoms in total. The van der Waals surface area contributed by atoms with Crippen LogP contribution < -0.4 is 0 Å². The summed E-state index contributed by atoms with van der Waals surface area (Å²) in [6.45, 7) is 0. The van der Waals surface area contributed by atoms with Crippen LogP contribution in [0, 0.1) is 34.3 Å². The lowest BCUT2D eigenvalue weighted by atomic mass is 10.00. The Morgan fingerprint density at radius 3 is 1.36 bits per heavy atom. The highest BCUT2D eigenvalue weighted by molar-refractivity contribution is 6.11. The van der Waals surface area contributed by atoms with Crippen LogP contribution in [0.3, 0.4) is 0 Å². The molecular weight excluding hydrogens is 759 g/mol. The van der Waals surface area contributed by atoms with Crippen LogP contribution in [-0.4, -0.2) is 19.5 Å². The maximum Gasteiger partial charge on any atom is 0.166 e. The van der Waals surface area contributed by atoms with Gasteiger partial charge < -0.3 is 4.57 Å². The highest BCUT2D eigenvalue weighted by Gasteiger charge is 2.22. The predicted molar refractivity (Wildman–Crippen MR) is 236 cm³/mol. The maximum atomic E-state index is 15.6. The normalized spacial score (nSPS) is 11.1. The van der Waals surface area contributed by atoms with E-state index in [9.17, 15) is 14.9 Å². The largest absolute Gasteiger partial charge is 0.308 e. The Kier molecular flexibility index (Phi) is 9.21. The minimum atomic E-state index is -0.694. The van der Waals surface area contributed by atoms with Crippen molar-refractivity contribution in [3.63, 3.8) is 0 Å². The summed E-state index contributed by atoms with van der Waals surface area (Å²) >= 11 is 0. The van der Waals surface area contributed by atoms with Gasteiger partial charge in [0.15, 0.2) is 17.5 Å². The molecule has 0 unspecified atom stereocenters. The van der Waals surface area contributed by atoms with E-state index in [1.807, 2.05) is 103 Å². The highest BCUT2D eigenvalue weighted by atomic mass is 19.1. The molecule has 0 fully saturated rings. The lowest BCUT2D eigenvalue weighted by Crippen LogP contribution is -2.04. The zero-order valence-corrected chi connectivity index (χ0v) is 32.3. The van der Waals surface area contributed by atoms with E-state index in [1.165, 1.54) is 12.1 Å². The summed E-state index contributed by atoms with van der Waals surface area (Å²) in [5.74, 6) is -0.0878. The molecule has 0 spiro atoms. The molecule has 61 heavy (non-hydrogen) atoms. The Labute approximate surface area is 349 Å². The van der Waals surface area contributed by atoms with Gasteiger partial charge in [0, 0.05) is 39.1 Å². The molecular formula is C53H30F2N6. The summed E-state index contributed by atoms with van der Waals surface area (Å²) in [6, 6.07) is 60.6. The summed E-state index contributed by atoms with van der Waals surface area (Å²) in [6.07, 6.45) is 0. The van der Waals surface area contributed by atoms with Gasteiger partial charge in [-0.05, 0) is 88.5 Å². The van der Waals surface area contributed by atoms with Crippen LogP contribution in [0.15, 0.2) is 182 Å². The first-order valence-corrected chi connectivity index (χ1v) is 19.5. The molecule has 0 aliphatic heterocycles. The molecule has 0 N–H and O–H groups in total. The summed E-state index contributed by atoms with van der Waals surface area (Å²) in [7, 11) is 0. The molecule has 10 aromatic rings. The Bertz CT molecular complexity index is 3210. The second-order valence-electron chi connectivity index (χ2n) is 14.6. The number of halogens is 2. The third-order valence-electron chi connectivity index (χ3n) is 10.9. The highest BCUT2D eigenvalue weighted by Crippen LogP contribution is 2.41. The number of aromatic nitrogens is 4. The molecule has 2 aromatic heterocycles. The van der Waals surface area contributed by atoms with Crippen LogP contribution in [0.1, 0.15) is 11.1 Å². The monoisotopic (exact) mass is 788 g/mol. The van der Waals surface area contributed by atoms with Crippen LogP contribution >= 0.6 is 0 Å². The van der Waals surface area contributed by atoms with Crippen LogP contribution in [-0.2, 0) is 0 Å². The van der Waals surface area contributed by atoms with Crippen LogP contribution in [0.25, 0.3) is 95.0 Å². The molecule has 0 bridgehead atoms. The van der Waals surface area contributed by atoms with E-state index in [4.69, 9.17) is 15.0 Å². The maximum absolute atomic E-state index is 15.6. The SMILES string of the molecule is N#Cc1ccc(-c2ccc3c4ccc(-c5ccc(C#N)cc5)cc4n(-c4ccc(-c5ccc(F)cc5F)cc4-c4nc(-c5ccccc5)nc(-c5ccccc5)n4)c3c2)cc1. The van der Waals surface area contributed by atoms with E-state index in [0.29, 0.717) is 45.4 Å². The van der Waals surface area contributed by atoms with Crippen LogP contribution in [0.4, 0.5) is 8.78 Å². The number of hydrogen-bond acceptors (Lipinski definition) is 5. The third-order valence-corrected chi connectivity index (χ3v) is 10.9. The van der Waals surface area contributed by atoms with E-state index in [1.54, 1.807) is 24.3 Å². The number of benzene rings is 8. The zero-order valence-electron chi connectivity index (χ0n) is 32.3. The molecule has 0 saturated carbocycles. The lowest BCUT2D eigenvalue weighted by Gasteiger charge is -2.17. The van der Waals surface area contributed by atoms with E-state index in [0.717, 1.165) is 61.3 Å². The molecule has 0 amide bonds. The molecule has 2 heterocycles. The van der Waals surface area contributed by atoms with Crippen molar-refractivity contribution in [3.05, 3.63) is 205 Å². The van der Waals surface area contributed by atoms with Crippen molar-refractivity contribution in [2.24, 2.45) is 0 Å². The zero-order chi connectivity index (χ0) is 41.5. The number of fused-ring (bicyclic) bond motifs is 3. The number of rotatable bonds is 7. The van der Waals surface area contributed by atoms with Crippen molar-refractivity contribution >= 4 is 21.8 Å². The van der Waals surface area contributed by atoms with E-state index >= 15 is 4.39 Å². The van der Waals surface area contributed by atoms with Gasteiger partial charge in [-0.25, -0.2) is 23.7 Å². The third kappa shape index (κ3) is 6.85. The van der Waals surface area contributed by atoms with Gasteiger partial charge in [0.2, 0.25) is 0 Å². The molecule has 0 radical (unpaired) electrons.